The minimum Gasteiger partial charge on any atom is -0.495 e. The summed E-state index contributed by atoms with van der Waals surface area (Å²) in [6, 6.07) is 4.35. The summed E-state index contributed by atoms with van der Waals surface area (Å²) in [7, 11) is 3.37. The summed E-state index contributed by atoms with van der Waals surface area (Å²) in [6.45, 7) is 7.56. The van der Waals surface area contributed by atoms with E-state index in [2.05, 4.69) is 48.1 Å². The Balaban J connectivity index is 2.98. The molecule has 5 heteroatoms. The lowest BCUT2D eigenvalue weighted by Gasteiger charge is -2.22. The third-order valence-corrected chi connectivity index (χ3v) is 5.30. The average Bonchev–Trinajstić information content (AvgIpc) is 2.45. The quantitative estimate of drug-likeness (QED) is 0.687. The maximum Gasteiger partial charge on any atom is 0.141 e. The highest BCUT2D eigenvalue weighted by Crippen LogP contribution is 2.40. The Morgan fingerprint density at radius 1 is 1.19 bits per heavy atom. The smallest absolute Gasteiger partial charge is 0.141 e. The highest BCUT2D eigenvalue weighted by Gasteiger charge is 2.20. The third-order valence-electron chi connectivity index (χ3n) is 3.08. The SMILES string of the molecule is CCNC(CSCC(C)C)c1ccc(OC)c(Br)c1OC. The summed E-state index contributed by atoms with van der Waals surface area (Å²) < 4.78 is 11.8. The van der Waals surface area contributed by atoms with Crippen LogP contribution in [0.25, 0.3) is 0 Å². The Morgan fingerprint density at radius 2 is 1.90 bits per heavy atom. The van der Waals surface area contributed by atoms with Crippen molar-refractivity contribution in [3.8, 4) is 11.5 Å². The summed E-state index contributed by atoms with van der Waals surface area (Å²) in [5, 5.41) is 3.55. The molecule has 0 radical (unpaired) electrons. The topological polar surface area (TPSA) is 30.5 Å². The van der Waals surface area contributed by atoms with E-state index in [4.69, 9.17) is 9.47 Å². The molecular weight excluding hydrogens is 350 g/mol. The molecule has 0 saturated heterocycles. The molecule has 1 aromatic rings. The van der Waals surface area contributed by atoms with Crippen molar-refractivity contribution in [2.75, 3.05) is 32.3 Å². The molecule has 0 bridgehead atoms. The van der Waals surface area contributed by atoms with Gasteiger partial charge in [0.15, 0.2) is 0 Å². The van der Waals surface area contributed by atoms with Crippen LogP contribution in [0.3, 0.4) is 0 Å². The largest absolute Gasteiger partial charge is 0.495 e. The van der Waals surface area contributed by atoms with Gasteiger partial charge in [0.05, 0.1) is 14.2 Å². The second-order valence-corrected chi connectivity index (χ2v) is 7.11. The minimum absolute atomic E-state index is 0.274. The first kappa shape index (κ1) is 18.7. The molecule has 0 saturated carbocycles. The lowest BCUT2D eigenvalue weighted by Crippen LogP contribution is -2.24. The number of halogens is 1. The van der Waals surface area contributed by atoms with Crippen molar-refractivity contribution >= 4 is 27.7 Å². The number of hydrogen-bond acceptors (Lipinski definition) is 4. The monoisotopic (exact) mass is 375 g/mol. The molecule has 0 fully saturated rings. The Hall–Kier alpha value is -0.390. The van der Waals surface area contributed by atoms with Crippen LogP contribution < -0.4 is 14.8 Å². The molecule has 0 aliphatic heterocycles. The fraction of sp³-hybridized carbons (Fsp3) is 0.625. The van der Waals surface area contributed by atoms with E-state index < -0.39 is 0 Å². The Kier molecular flexibility index (Phi) is 8.52. The highest BCUT2D eigenvalue weighted by atomic mass is 79.9. The van der Waals surface area contributed by atoms with Crippen LogP contribution in [0.1, 0.15) is 32.4 Å². The molecular formula is C16H26BrNO2S. The van der Waals surface area contributed by atoms with Gasteiger partial charge in [-0.25, -0.2) is 0 Å². The second-order valence-electron chi connectivity index (χ2n) is 5.25. The predicted octanol–water partition coefficient (Wildman–Crippen LogP) is 4.51. The number of methoxy groups -OCH3 is 2. The van der Waals surface area contributed by atoms with E-state index in [9.17, 15) is 0 Å². The van der Waals surface area contributed by atoms with E-state index >= 15 is 0 Å². The predicted molar refractivity (Wildman–Crippen MR) is 95.8 cm³/mol. The molecule has 21 heavy (non-hydrogen) atoms. The molecule has 0 aliphatic carbocycles. The van der Waals surface area contributed by atoms with Gasteiger partial charge in [0, 0.05) is 17.4 Å². The van der Waals surface area contributed by atoms with E-state index in [1.807, 2.05) is 17.8 Å². The normalized spacial score (nSPS) is 12.5. The van der Waals surface area contributed by atoms with Crippen LogP contribution in [0.15, 0.2) is 16.6 Å². The molecule has 0 spiro atoms. The molecule has 0 aliphatic rings. The van der Waals surface area contributed by atoms with Crippen LogP contribution in [0, 0.1) is 5.92 Å². The molecule has 1 unspecified atom stereocenters. The van der Waals surface area contributed by atoms with Crippen LogP contribution in [-0.2, 0) is 0 Å². The van der Waals surface area contributed by atoms with Gasteiger partial charge in [0.2, 0.25) is 0 Å². The van der Waals surface area contributed by atoms with Crippen molar-refractivity contribution in [1.82, 2.24) is 5.32 Å². The lowest BCUT2D eigenvalue weighted by molar-refractivity contribution is 0.382. The molecule has 3 nitrogen and oxygen atoms in total. The van der Waals surface area contributed by atoms with Crippen LogP contribution >= 0.6 is 27.7 Å². The zero-order valence-electron chi connectivity index (χ0n) is 13.5. The summed E-state index contributed by atoms with van der Waals surface area (Å²) in [4.78, 5) is 0. The zero-order valence-corrected chi connectivity index (χ0v) is 15.9. The van der Waals surface area contributed by atoms with E-state index in [-0.39, 0.29) is 6.04 Å². The van der Waals surface area contributed by atoms with Crippen LogP contribution in [0.2, 0.25) is 0 Å². The van der Waals surface area contributed by atoms with Crippen LogP contribution in [0.4, 0.5) is 0 Å². The third kappa shape index (κ3) is 5.38. The highest BCUT2D eigenvalue weighted by molar-refractivity contribution is 9.10. The summed E-state index contributed by atoms with van der Waals surface area (Å²) in [5.74, 6) is 4.55. The number of nitrogens with one attached hydrogen (secondary N) is 1. The standard InChI is InChI=1S/C16H26BrNO2S/c1-6-18-13(10-21-9-11(2)3)12-7-8-14(19-4)15(17)16(12)20-5/h7-8,11,13,18H,6,9-10H2,1-5H3. The van der Waals surface area contributed by atoms with Gasteiger partial charge in [0.25, 0.3) is 0 Å². The summed E-state index contributed by atoms with van der Waals surface area (Å²) in [6.07, 6.45) is 0. The molecule has 0 heterocycles. The van der Waals surface area contributed by atoms with Gasteiger partial charge in [-0.05, 0) is 46.3 Å². The van der Waals surface area contributed by atoms with Gasteiger partial charge in [0.1, 0.15) is 16.0 Å². The van der Waals surface area contributed by atoms with E-state index in [1.54, 1.807) is 14.2 Å². The second kappa shape index (κ2) is 9.59. The fourth-order valence-corrected chi connectivity index (χ4v) is 3.94. The van der Waals surface area contributed by atoms with E-state index in [0.717, 1.165) is 28.3 Å². The Bertz CT molecular complexity index is 441. The average molecular weight is 376 g/mol. The van der Waals surface area contributed by atoms with Gasteiger partial charge >= 0.3 is 0 Å². The van der Waals surface area contributed by atoms with E-state index in [1.165, 1.54) is 11.3 Å². The van der Waals surface area contributed by atoms with Gasteiger partial charge < -0.3 is 14.8 Å². The summed E-state index contributed by atoms with van der Waals surface area (Å²) >= 11 is 5.55. The molecule has 1 atom stereocenters. The van der Waals surface area contributed by atoms with Crippen molar-refractivity contribution in [2.45, 2.75) is 26.8 Å². The molecule has 0 amide bonds. The summed E-state index contributed by atoms with van der Waals surface area (Å²) in [5.41, 5.74) is 1.17. The van der Waals surface area contributed by atoms with Crippen LogP contribution in [-0.4, -0.2) is 32.3 Å². The van der Waals surface area contributed by atoms with Crippen molar-refractivity contribution in [3.63, 3.8) is 0 Å². The van der Waals surface area contributed by atoms with Crippen molar-refractivity contribution < 1.29 is 9.47 Å². The number of hydrogen-bond donors (Lipinski definition) is 1. The Morgan fingerprint density at radius 3 is 2.43 bits per heavy atom. The van der Waals surface area contributed by atoms with Gasteiger partial charge in [-0.3, -0.25) is 0 Å². The maximum atomic E-state index is 5.60. The van der Waals surface area contributed by atoms with E-state index in [0.29, 0.717) is 5.92 Å². The van der Waals surface area contributed by atoms with Gasteiger partial charge in [-0.1, -0.05) is 20.8 Å². The fourth-order valence-electron chi connectivity index (χ4n) is 2.12. The molecule has 0 aromatic heterocycles. The molecule has 1 rings (SSSR count). The first-order chi connectivity index (χ1) is 10.0. The lowest BCUT2D eigenvalue weighted by atomic mass is 10.1. The molecule has 120 valence electrons. The van der Waals surface area contributed by atoms with Crippen molar-refractivity contribution in [1.29, 1.82) is 0 Å². The number of thioether (sulfide) groups is 1. The van der Waals surface area contributed by atoms with Crippen molar-refractivity contribution in [3.05, 3.63) is 22.2 Å². The van der Waals surface area contributed by atoms with Crippen LogP contribution in [0.5, 0.6) is 11.5 Å². The first-order valence-electron chi connectivity index (χ1n) is 7.26. The molecule has 1 N–H and O–H groups in total. The van der Waals surface area contributed by atoms with Gasteiger partial charge in [-0.2, -0.15) is 11.8 Å². The minimum atomic E-state index is 0.274. The first-order valence-corrected chi connectivity index (χ1v) is 9.21. The maximum absolute atomic E-state index is 5.60. The zero-order chi connectivity index (χ0) is 15.8. The number of ether oxygens (including phenoxy) is 2. The Labute approximate surface area is 141 Å². The van der Waals surface area contributed by atoms with Gasteiger partial charge in [-0.15, -0.1) is 0 Å². The number of benzene rings is 1. The molecule has 1 aromatic carbocycles. The number of rotatable bonds is 9. The van der Waals surface area contributed by atoms with Crippen molar-refractivity contribution in [2.24, 2.45) is 5.92 Å².